The molecule has 0 aliphatic rings. The van der Waals surface area contributed by atoms with Gasteiger partial charge in [-0.05, 0) is 37.3 Å². The molecule has 2 rings (SSSR count). The Morgan fingerprint density at radius 2 is 1.71 bits per heavy atom. The van der Waals surface area contributed by atoms with E-state index in [4.69, 9.17) is 14.6 Å². The van der Waals surface area contributed by atoms with E-state index in [2.05, 4.69) is 0 Å². The summed E-state index contributed by atoms with van der Waals surface area (Å²) in [5, 5.41) is 8.96. The van der Waals surface area contributed by atoms with Gasteiger partial charge >= 0.3 is 5.97 Å². The molecule has 5 heteroatoms. The first-order valence-corrected chi connectivity index (χ1v) is 6.22. The fraction of sp³-hybridized carbons (Fsp3) is 0.125. The van der Waals surface area contributed by atoms with Gasteiger partial charge in [-0.25, -0.2) is 4.79 Å². The number of aromatic carboxylic acids is 1. The van der Waals surface area contributed by atoms with Crippen LogP contribution in [0.2, 0.25) is 0 Å². The number of hydrogen-bond acceptors (Lipinski definition) is 4. The third-order valence-corrected chi connectivity index (χ3v) is 2.90. The van der Waals surface area contributed by atoms with Crippen LogP contribution in [0.3, 0.4) is 0 Å². The summed E-state index contributed by atoms with van der Waals surface area (Å²) in [5.41, 5.74) is 0.543. The van der Waals surface area contributed by atoms with Gasteiger partial charge in [-0.15, -0.1) is 0 Å². The summed E-state index contributed by atoms with van der Waals surface area (Å²) >= 11 is 0. The second kappa shape index (κ2) is 6.09. The number of rotatable bonds is 5. The van der Waals surface area contributed by atoms with Crippen LogP contribution >= 0.6 is 0 Å². The monoisotopic (exact) mass is 286 g/mol. The minimum Gasteiger partial charge on any atom is -0.493 e. The lowest BCUT2D eigenvalue weighted by Crippen LogP contribution is -2.00. The highest BCUT2D eigenvalue weighted by Crippen LogP contribution is 2.33. The number of methoxy groups -OCH3 is 1. The maximum Gasteiger partial charge on any atom is 0.335 e. The van der Waals surface area contributed by atoms with Crippen LogP contribution in [-0.4, -0.2) is 24.0 Å². The van der Waals surface area contributed by atoms with Crippen molar-refractivity contribution in [1.82, 2.24) is 0 Å². The lowest BCUT2D eigenvalue weighted by Gasteiger charge is -2.12. The van der Waals surface area contributed by atoms with Gasteiger partial charge in [-0.3, -0.25) is 4.79 Å². The van der Waals surface area contributed by atoms with Crippen molar-refractivity contribution in [3.8, 4) is 17.2 Å². The van der Waals surface area contributed by atoms with Crippen LogP contribution in [0.15, 0.2) is 42.5 Å². The molecule has 0 saturated heterocycles. The van der Waals surface area contributed by atoms with Gasteiger partial charge in [0.25, 0.3) is 0 Å². The molecule has 0 aromatic heterocycles. The second-order valence-corrected chi connectivity index (χ2v) is 4.33. The number of carbonyl (C=O) groups is 2. The number of carboxylic acid groups (broad SMARTS) is 1. The number of carbonyl (C=O) groups excluding carboxylic acids is 1. The summed E-state index contributed by atoms with van der Waals surface area (Å²) in [7, 11) is 1.42. The molecule has 0 atom stereocenters. The molecule has 0 radical (unpaired) electrons. The lowest BCUT2D eigenvalue weighted by molar-refractivity contribution is 0.0696. The summed E-state index contributed by atoms with van der Waals surface area (Å²) in [5.74, 6) is -0.147. The predicted molar refractivity (Wildman–Crippen MR) is 76.5 cm³/mol. The van der Waals surface area contributed by atoms with Gasteiger partial charge in [-0.2, -0.15) is 0 Å². The number of ether oxygens (including phenoxy) is 2. The van der Waals surface area contributed by atoms with Crippen molar-refractivity contribution in [1.29, 1.82) is 0 Å². The molecule has 0 amide bonds. The molecule has 0 bridgehead atoms. The zero-order valence-electron chi connectivity index (χ0n) is 11.6. The van der Waals surface area contributed by atoms with E-state index in [0.29, 0.717) is 17.1 Å². The molecule has 0 saturated carbocycles. The van der Waals surface area contributed by atoms with Crippen molar-refractivity contribution < 1.29 is 24.2 Å². The zero-order chi connectivity index (χ0) is 15.4. The third kappa shape index (κ3) is 3.20. The van der Waals surface area contributed by atoms with E-state index in [1.54, 1.807) is 24.3 Å². The largest absolute Gasteiger partial charge is 0.493 e. The normalized spacial score (nSPS) is 10.0. The van der Waals surface area contributed by atoms with E-state index in [1.807, 2.05) is 0 Å². The van der Waals surface area contributed by atoms with E-state index < -0.39 is 5.97 Å². The Labute approximate surface area is 121 Å². The van der Waals surface area contributed by atoms with Crippen molar-refractivity contribution in [2.24, 2.45) is 0 Å². The summed E-state index contributed by atoms with van der Waals surface area (Å²) < 4.78 is 10.8. The van der Waals surface area contributed by atoms with Crippen LogP contribution in [0.1, 0.15) is 27.6 Å². The Morgan fingerprint density at radius 1 is 1.00 bits per heavy atom. The van der Waals surface area contributed by atoms with E-state index >= 15 is 0 Å². The number of carboxylic acids is 1. The van der Waals surface area contributed by atoms with Gasteiger partial charge in [0.05, 0.1) is 18.2 Å². The minimum atomic E-state index is -1.05. The topological polar surface area (TPSA) is 72.8 Å². The van der Waals surface area contributed by atoms with Gasteiger partial charge in [0.15, 0.2) is 17.3 Å². The zero-order valence-corrected chi connectivity index (χ0v) is 11.6. The predicted octanol–water partition coefficient (Wildman–Crippen LogP) is 3.39. The first-order valence-electron chi connectivity index (χ1n) is 6.22. The highest BCUT2D eigenvalue weighted by Gasteiger charge is 2.13. The van der Waals surface area contributed by atoms with E-state index in [1.165, 1.54) is 32.2 Å². The number of ketones is 1. The number of hydrogen-bond donors (Lipinski definition) is 1. The Morgan fingerprint density at radius 3 is 2.33 bits per heavy atom. The summed E-state index contributed by atoms with van der Waals surface area (Å²) in [6, 6.07) is 11.1. The Bertz CT molecular complexity index is 691. The van der Waals surface area contributed by atoms with Crippen molar-refractivity contribution in [3.05, 3.63) is 53.6 Å². The summed E-state index contributed by atoms with van der Waals surface area (Å²) in [6.07, 6.45) is 0. The van der Waals surface area contributed by atoms with Crippen molar-refractivity contribution >= 4 is 11.8 Å². The molecule has 0 fully saturated rings. The molecule has 5 nitrogen and oxygen atoms in total. The van der Waals surface area contributed by atoms with Crippen molar-refractivity contribution in [3.63, 3.8) is 0 Å². The molecule has 0 aliphatic carbocycles. The van der Waals surface area contributed by atoms with Crippen LogP contribution < -0.4 is 9.47 Å². The molecule has 2 aromatic rings. The summed E-state index contributed by atoms with van der Waals surface area (Å²) in [4.78, 5) is 22.5. The Kier molecular flexibility index (Phi) is 4.23. The molecular formula is C16H14O5. The van der Waals surface area contributed by atoms with Gasteiger partial charge in [-0.1, -0.05) is 12.1 Å². The van der Waals surface area contributed by atoms with Crippen LogP contribution in [0, 0.1) is 0 Å². The Hall–Kier alpha value is -2.82. The van der Waals surface area contributed by atoms with Crippen molar-refractivity contribution in [2.75, 3.05) is 7.11 Å². The standard InChI is InChI=1S/C16H14O5/c1-10(17)12-5-3-4-6-13(12)21-14-8-7-11(16(18)19)9-15(14)20-2/h3-9H,1-2H3,(H,18,19). The SMILES string of the molecule is COc1cc(C(=O)O)ccc1Oc1ccccc1C(C)=O. The second-order valence-electron chi connectivity index (χ2n) is 4.33. The van der Waals surface area contributed by atoms with Gasteiger partial charge < -0.3 is 14.6 Å². The molecule has 0 aliphatic heterocycles. The minimum absolute atomic E-state index is 0.0963. The lowest BCUT2D eigenvalue weighted by atomic mass is 10.1. The highest BCUT2D eigenvalue weighted by molar-refractivity contribution is 5.96. The molecule has 21 heavy (non-hydrogen) atoms. The van der Waals surface area contributed by atoms with E-state index in [-0.39, 0.29) is 17.1 Å². The fourth-order valence-electron chi connectivity index (χ4n) is 1.85. The fourth-order valence-corrected chi connectivity index (χ4v) is 1.85. The maximum atomic E-state index is 11.6. The summed E-state index contributed by atoms with van der Waals surface area (Å²) in [6.45, 7) is 1.45. The average molecular weight is 286 g/mol. The van der Waals surface area contributed by atoms with Crippen LogP contribution in [0.5, 0.6) is 17.2 Å². The molecular weight excluding hydrogens is 272 g/mol. The van der Waals surface area contributed by atoms with Crippen LogP contribution in [0.4, 0.5) is 0 Å². The smallest absolute Gasteiger partial charge is 0.335 e. The van der Waals surface area contributed by atoms with E-state index in [0.717, 1.165) is 0 Å². The first kappa shape index (κ1) is 14.6. The van der Waals surface area contributed by atoms with E-state index in [9.17, 15) is 9.59 Å². The van der Waals surface area contributed by atoms with Gasteiger partial charge in [0, 0.05) is 0 Å². The van der Waals surface area contributed by atoms with Gasteiger partial charge in [0.2, 0.25) is 0 Å². The highest BCUT2D eigenvalue weighted by atomic mass is 16.5. The number of para-hydroxylation sites is 1. The molecule has 0 spiro atoms. The van der Waals surface area contributed by atoms with Crippen molar-refractivity contribution in [2.45, 2.75) is 6.92 Å². The molecule has 2 aromatic carbocycles. The number of Topliss-reactive ketones (excluding diaryl/α,β-unsaturated/α-hetero) is 1. The first-order chi connectivity index (χ1) is 10.0. The van der Waals surface area contributed by atoms with Crippen LogP contribution in [-0.2, 0) is 0 Å². The van der Waals surface area contributed by atoms with Crippen LogP contribution in [0.25, 0.3) is 0 Å². The maximum absolute atomic E-state index is 11.6. The molecule has 0 unspecified atom stereocenters. The molecule has 108 valence electrons. The quantitative estimate of drug-likeness (QED) is 0.853. The average Bonchev–Trinajstić information content (AvgIpc) is 2.47. The molecule has 0 heterocycles. The number of benzene rings is 2. The third-order valence-electron chi connectivity index (χ3n) is 2.90. The molecule has 1 N–H and O–H groups in total. The Balaban J connectivity index is 2.40. The van der Waals surface area contributed by atoms with Gasteiger partial charge in [0.1, 0.15) is 5.75 Å².